The van der Waals surface area contributed by atoms with E-state index in [1.807, 2.05) is 0 Å². The van der Waals surface area contributed by atoms with E-state index >= 15 is 0 Å². The summed E-state index contributed by atoms with van der Waals surface area (Å²) in [6, 6.07) is 0. The Balaban J connectivity index is 3.40. The number of allylic oxidation sites excluding steroid dienone is 3. The lowest BCUT2D eigenvalue weighted by Crippen LogP contribution is -2.19. The Morgan fingerprint density at radius 2 is 1.32 bits per heavy atom. The Labute approximate surface area is 143 Å². The van der Waals surface area contributed by atoms with Gasteiger partial charge in [-0.1, -0.05) is 18.2 Å². The Kier molecular flexibility index (Phi) is 7.22. The number of aromatic nitrogens is 3. The van der Waals surface area contributed by atoms with Crippen molar-refractivity contribution in [2.45, 2.75) is 19.6 Å². The summed E-state index contributed by atoms with van der Waals surface area (Å²) in [6.45, 7) is 8.42. The Morgan fingerprint density at radius 3 is 1.68 bits per heavy atom. The summed E-state index contributed by atoms with van der Waals surface area (Å²) in [5.74, 6) is 0. The van der Waals surface area contributed by atoms with Crippen LogP contribution >= 0.6 is 36.7 Å². The van der Waals surface area contributed by atoms with Gasteiger partial charge in [0.05, 0.1) is 0 Å². The molecule has 0 bridgehead atoms. The van der Waals surface area contributed by atoms with Crippen LogP contribution in [0.2, 0.25) is 0 Å². The molecule has 22 heavy (non-hydrogen) atoms. The molecule has 1 aromatic rings. The Bertz CT molecular complexity index is 738. The second-order valence-electron chi connectivity index (χ2n) is 4.24. The van der Waals surface area contributed by atoms with Crippen LogP contribution in [-0.2, 0) is 19.6 Å². The van der Waals surface area contributed by atoms with Crippen LogP contribution in [0.5, 0.6) is 0 Å². The van der Waals surface area contributed by atoms with Gasteiger partial charge in [-0.05, 0) is 42.7 Å². The van der Waals surface area contributed by atoms with Gasteiger partial charge in [-0.2, -0.15) is 0 Å². The molecule has 0 unspecified atom stereocenters. The molecule has 0 amide bonds. The largest absolute Gasteiger partial charge is 0.291 e. The average molecular weight is 356 g/mol. The third-order valence-corrected chi connectivity index (χ3v) is 4.04. The van der Waals surface area contributed by atoms with Crippen LogP contribution in [0.3, 0.4) is 0 Å². The minimum Gasteiger partial charge on any atom is -0.291 e. The summed E-state index contributed by atoms with van der Waals surface area (Å²) in [4.78, 5) is 9.92. The fourth-order valence-corrected chi connectivity index (χ4v) is 2.89. The van der Waals surface area contributed by atoms with Crippen molar-refractivity contribution in [1.82, 2.24) is 13.7 Å². The molecule has 118 valence electrons. The zero-order valence-corrected chi connectivity index (χ0v) is 14.3. The monoisotopic (exact) mass is 356 g/mol. The van der Waals surface area contributed by atoms with Crippen LogP contribution in [0.25, 0.3) is 0 Å². The van der Waals surface area contributed by atoms with Gasteiger partial charge in [0.25, 0.3) is 0 Å². The highest BCUT2D eigenvalue weighted by Gasteiger charge is 2.06. The van der Waals surface area contributed by atoms with Crippen molar-refractivity contribution in [2.24, 2.45) is 0 Å². The third kappa shape index (κ3) is 4.39. The predicted octanol–water partition coefficient (Wildman–Crippen LogP) is 3.48. The molecule has 0 aliphatic carbocycles. The van der Waals surface area contributed by atoms with E-state index in [4.69, 9.17) is 36.7 Å². The highest BCUT2D eigenvalue weighted by Crippen LogP contribution is 2.05. The highest BCUT2D eigenvalue weighted by atomic mass is 32.1. The van der Waals surface area contributed by atoms with Crippen LogP contribution in [0.4, 0.5) is 0 Å². The third-order valence-electron chi connectivity index (χ3n) is 2.72. The summed E-state index contributed by atoms with van der Waals surface area (Å²) in [6.07, 6.45) is 6.52. The zero-order chi connectivity index (χ0) is 16.7. The second kappa shape index (κ2) is 8.66. The van der Waals surface area contributed by atoms with Crippen molar-refractivity contribution >= 4 is 36.7 Å². The maximum absolute atomic E-state index is 10.3. The first kappa shape index (κ1) is 18.3. The van der Waals surface area contributed by atoms with Gasteiger partial charge < -0.3 is 0 Å². The molecule has 0 N–H and O–H groups in total. The van der Waals surface area contributed by atoms with Crippen molar-refractivity contribution in [3.8, 4) is 0 Å². The van der Waals surface area contributed by atoms with Gasteiger partial charge in [0.15, 0.2) is 14.3 Å². The number of hydrogen-bond acceptors (Lipinski definition) is 5. The van der Waals surface area contributed by atoms with E-state index in [0.29, 0.717) is 33.9 Å². The molecule has 6 nitrogen and oxygen atoms in total. The molecular weight excluding hydrogens is 340 g/mol. The van der Waals surface area contributed by atoms with E-state index in [2.05, 4.69) is 13.2 Å². The van der Waals surface area contributed by atoms with Crippen LogP contribution < -0.4 is 0 Å². The molecule has 0 spiro atoms. The van der Waals surface area contributed by atoms with Gasteiger partial charge in [-0.15, -0.1) is 13.2 Å². The number of hydrogen-bond donors (Lipinski definition) is 0. The van der Waals surface area contributed by atoms with Crippen molar-refractivity contribution in [3.63, 3.8) is 0 Å². The van der Waals surface area contributed by atoms with Gasteiger partial charge in [0.2, 0.25) is 6.54 Å². The van der Waals surface area contributed by atoms with E-state index in [9.17, 15) is 10.1 Å². The van der Waals surface area contributed by atoms with E-state index in [1.54, 1.807) is 31.9 Å². The molecule has 0 aliphatic heterocycles. The lowest BCUT2D eigenvalue weighted by atomic mass is 10.5. The standard InChI is InChI=1S/C13H16N4O2S3/c1-3-7-14-11(20)15(8-4-2)13(22)16(12(14)21)9-5-6-10-17(18)19/h3-6H,1-2,7-10H2. The van der Waals surface area contributed by atoms with E-state index in [0.717, 1.165) is 0 Å². The molecular formula is C13H16N4O2S3. The first-order chi connectivity index (χ1) is 10.4. The van der Waals surface area contributed by atoms with Crippen LogP contribution in [-0.4, -0.2) is 25.2 Å². The Hall–Kier alpha value is -1.71. The van der Waals surface area contributed by atoms with Crippen LogP contribution in [0, 0.1) is 24.4 Å². The molecule has 0 saturated heterocycles. The van der Waals surface area contributed by atoms with Crippen molar-refractivity contribution in [1.29, 1.82) is 0 Å². The molecule has 0 atom stereocenters. The molecule has 1 heterocycles. The molecule has 0 radical (unpaired) electrons. The summed E-state index contributed by atoms with van der Waals surface area (Å²) in [7, 11) is 0. The van der Waals surface area contributed by atoms with Crippen molar-refractivity contribution < 1.29 is 4.92 Å². The average Bonchev–Trinajstić information content (AvgIpc) is 2.47. The summed E-state index contributed by atoms with van der Waals surface area (Å²) >= 11 is 16.2. The van der Waals surface area contributed by atoms with Crippen LogP contribution in [0.1, 0.15) is 0 Å². The van der Waals surface area contributed by atoms with E-state index < -0.39 is 4.92 Å². The minimum atomic E-state index is -0.410. The van der Waals surface area contributed by atoms with Crippen molar-refractivity contribution in [2.75, 3.05) is 6.54 Å². The van der Waals surface area contributed by atoms with E-state index in [1.165, 1.54) is 6.08 Å². The number of nitrogens with zero attached hydrogens (tertiary/aromatic N) is 4. The normalized spacial score (nSPS) is 10.7. The summed E-state index contributed by atoms with van der Waals surface area (Å²) in [5.41, 5.74) is 0. The summed E-state index contributed by atoms with van der Waals surface area (Å²) < 4.78 is 6.59. The molecule has 1 rings (SSSR count). The quantitative estimate of drug-likeness (QED) is 0.309. The molecule has 0 aliphatic rings. The molecule has 9 heteroatoms. The lowest BCUT2D eigenvalue weighted by molar-refractivity contribution is -0.468. The van der Waals surface area contributed by atoms with Crippen LogP contribution in [0.15, 0.2) is 37.5 Å². The number of nitro groups is 1. The maximum Gasteiger partial charge on any atom is 0.222 e. The smallest absolute Gasteiger partial charge is 0.222 e. The zero-order valence-electron chi connectivity index (χ0n) is 11.9. The molecule has 0 aromatic carbocycles. The molecule has 0 fully saturated rings. The lowest BCUT2D eigenvalue weighted by Gasteiger charge is -2.16. The second-order valence-corrected chi connectivity index (χ2v) is 5.34. The predicted molar refractivity (Wildman–Crippen MR) is 94.3 cm³/mol. The van der Waals surface area contributed by atoms with Gasteiger partial charge in [-0.3, -0.25) is 23.8 Å². The van der Waals surface area contributed by atoms with Gasteiger partial charge in [-0.25, -0.2) is 0 Å². The minimum absolute atomic E-state index is 0.238. The van der Waals surface area contributed by atoms with Gasteiger partial charge in [0.1, 0.15) is 0 Å². The van der Waals surface area contributed by atoms with E-state index in [-0.39, 0.29) is 6.54 Å². The molecule has 1 aromatic heterocycles. The first-order valence-electron chi connectivity index (χ1n) is 6.37. The van der Waals surface area contributed by atoms with Gasteiger partial charge in [0, 0.05) is 24.6 Å². The molecule has 0 saturated carbocycles. The maximum atomic E-state index is 10.3. The highest BCUT2D eigenvalue weighted by molar-refractivity contribution is 7.72. The Morgan fingerprint density at radius 1 is 0.909 bits per heavy atom. The number of rotatable bonds is 8. The fraction of sp³-hybridized carbons (Fsp3) is 0.308. The fourth-order valence-electron chi connectivity index (χ4n) is 1.75. The topological polar surface area (TPSA) is 57.9 Å². The first-order valence-corrected chi connectivity index (χ1v) is 7.59. The van der Waals surface area contributed by atoms with Crippen molar-refractivity contribution in [3.05, 3.63) is 61.9 Å². The van der Waals surface area contributed by atoms with Gasteiger partial charge >= 0.3 is 0 Å². The SMILES string of the molecule is C=CCn1c(=S)n(CC=C)c(=S)n(CC=CC[N+](=O)[O-])c1=S. The summed E-state index contributed by atoms with van der Waals surface area (Å²) in [5, 5.41) is 10.3.